The van der Waals surface area contributed by atoms with E-state index in [9.17, 15) is 19.5 Å². The highest BCUT2D eigenvalue weighted by molar-refractivity contribution is 5.86. The lowest BCUT2D eigenvalue weighted by atomic mass is 9.88. The molecule has 1 aliphatic heterocycles. The van der Waals surface area contributed by atoms with Gasteiger partial charge in [0, 0.05) is 38.5 Å². The second-order valence-corrected chi connectivity index (χ2v) is 7.55. The van der Waals surface area contributed by atoms with E-state index < -0.39 is 11.9 Å². The van der Waals surface area contributed by atoms with Crippen molar-refractivity contribution < 1.29 is 19.5 Å². The Balaban J connectivity index is 1.53. The van der Waals surface area contributed by atoms with Gasteiger partial charge in [0.15, 0.2) is 0 Å². The zero-order chi connectivity index (χ0) is 19.2. The Morgan fingerprint density at radius 2 is 1.52 bits per heavy atom. The highest BCUT2D eigenvalue weighted by Crippen LogP contribution is 2.26. The molecular formula is C21H28N2O4. The third-order valence-corrected chi connectivity index (χ3v) is 5.78. The minimum Gasteiger partial charge on any atom is -0.481 e. The highest BCUT2D eigenvalue weighted by Gasteiger charge is 2.31. The molecule has 1 unspecified atom stereocenters. The van der Waals surface area contributed by atoms with E-state index in [4.69, 9.17) is 0 Å². The Morgan fingerprint density at radius 1 is 0.926 bits per heavy atom. The van der Waals surface area contributed by atoms with Crippen molar-refractivity contribution in [3.63, 3.8) is 0 Å². The molecule has 146 valence electrons. The van der Waals surface area contributed by atoms with E-state index >= 15 is 0 Å². The predicted molar refractivity (Wildman–Crippen MR) is 101 cm³/mol. The first-order valence-corrected chi connectivity index (χ1v) is 9.90. The lowest BCUT2D eigenvalue weighted by Crippen LogP contribution is -2.52. The number of hydrogen-bond acceptors (Lipinski definition) is 3. The predicted octanol–water partition coefficient (Wildman–Crippen LogP) is 2.50. The Hall–Kier alpha value is -2.37. The molecule has 3 rings (SSSR count). The van der Waals surface area contributed by atoms with E-state index in [-0.39, 0.29) is 24.2 Å². The molecule has 6 heteroatoms. The molecule has 6 nitrogen and oxygen atoms in total. The maximum absolute atomic E-state index is 12.6. The summed E-state index contributed by atoms with van der Waals surface area (Å²) in [5.74, 6) is -1.60. The van der Waals surface area contributed by atoms with Crippen LogP contribution in [0.5, 0.6) is 0 Å². The topological polar surface area (TPSA) is 77.9 Å². The van der Waals surface area contributed by atoms with Crippen molar-refractivity contribution in [3.8, 4) is 0 Å². The highest BCUT2D eigenvalue weighted by atomic mass is 16.4. The zero-order valence-electron chi connectivity index (χ0n) is 15.7. The van der Waals surface area contributed by atoms with Gasteiger partial charge in [0.1, 0.15) is 0 Å². The molecule has 0 aromatic heterocycles. The van der Waals surface area contributed by atoms with Crippen LogP contribution < -0.4 is 0 Å². The Labute approximate surface area is 160 Å². The Kier molecular flexibility index (Phi) is 6.48. The van der Waals surface area contributed by atoms with Crippen LogP contribution in [0.25, 0.3) is 0 Å². The number of aliphatic carboxylic acids is 1. The van der Waals surface area contributed by atoms with E-state index in [1.54, 1.807) is 29.2 Å². The summed E-state index contributed by atoms with van der Waals surface area (Å²) in [6.45, 7) is 2.06. The summed E-state index contributed by atoms with van der Waals surface area (Å²) >= 11 is 0. The Bertz CT molecular complexity index is 662. The zero-order valence-corrected chi connectivity index (χ0v) is 15.7. The number of nitrogens with zero attached hydrogens (tertiary/aromatic N) is 2. The normalized spacial score (nSPS) is 19.6. The molecule has 1 aromatic carbocycles. The molecule has 1 saturated heterocycles. The summed E-state index contributed by atoms with van der Waals surface area (Å²) in [5, 5.41) is 9.51. The van der Waals surface area contributed by atoms with Crippen molar-refractivity contribution >= 4 is 17.8 Å². The molecule has 2 aliphatic rings. The largest absolute Gasteiger partial charge is 0.481 e. The third kappa shape index (κ3) is 4.87. The fourth-order valence-corrected chi connectivity index (χ4v) is 4.12. The van der Waals surface area contributed by atoms with Crippen molar-refractivity contribution in [2.24, 2.45) is 5.92 Å². The molecule has 1 aliphatic carbocycles. The first-order valence-electron chi connectivity index (χ1n) is 9.90. The van der Waals surface area contributed by atoms with Gasteiger partial charge in [-0.3, -0.25) is 14.4 Å². The molecule has 1 aromatic rings. The average molecular weight is 372 g/mol. The number of rotatable bonds is 5. The molecule has 1 atom stereocenters. The van der Waals surface area contributed by atoms with Crippen molar-refractivity contribution in [1.29, 1.82) is 0 Å². The summed E-state index contributed by atoms with van der Waals surface area (Å²) in [6.07, 6.45) is 5.40. The van der Waals surface area contributed by atoms with Gasteiger partial charge < -0.3 is 14.9 Å². The minimum atomic E-state index is -0.985. The summed E-state index contributed by atoms with van der Waals surface area (Å²) in [6, 6.07) is 8.88. The summed E-state index contributed by atoms with van der Waals surface area (Å²) in [7, 11) is 0. The maximum Gasteiger partial charge on any atom is 0.311 e. The lowest BCUT2D eigenvalue weighted by Gasteiger charge is -2.37. The lowest BCUT2D eigenvalue weighted by molar-refractivity contribution is -0.145. The number of carbonyl (C=O) groups is 3. The fourth-order valence-electron chi connectivity index (χ4n) is 4.12. The minimum absolute atomic E-state index is 0.0457. The number of carbonyl (C=O) groups excluding carboxylic acids is 2. The molecular weight excluding hydrogens is 344 g/mol. The van der Waals surface area contributed by atoms with Gasteiger partial charge in [0.2, 0.25) is 11.8 Å². The molecule has 0 radical (unpaired) electrons. The van der Waals surface area contributed by atoms with Crippen LogP contribution in [0.3, 0.4) is 0 Å². The second kappa shape index (κ2) is 9.02. The number of benzene rings is 1. The molecule has 27 heavy (non-hydrogen) atoms. The first-order chi connectivity index (χ1) is 13.1. The summed E-state index contributed by atoms with van der Waals surface area (Å²) in [5.41, 5.74) is 0.643. The third-order valence-electron chi connectivity index (χ3n) is 5.78. The fraction of sp³-hybridized carbons (Fsp3) is 0.571. The van der Waals surface area contributed by atoms with Crippen LogP contribution in [-0.4, -0.2) is 58.9 Å². The Morgan fingerprint density at radius 3 is 2.11 bits per heavy atom. The molecule has 2 amide bonds. The van der Waals surface area contributed by atoms with E-state index in [2.05, 4.69) is 0 Å². The van der Waals surface area contributed by atoms with Crippen LogP contribution in [0.1, 0.15) is 50.0 Å². The average Bonchev–Trinajstić information content (AvgIpc) is 2.72. The number of carboxylic acid groups (broad SMARTS) is 1. The monoisotopic (exact) mass is 372 g/mol. The smallest absolute Gasteiger partial charge is 0.311 e. The quantitative estimate of drug-likeness (QED) is 0.861. The van der Waals surface area contributed by atoms with Gasteiger partial charge in [-0.2, -0.15) is 0 Å². The van der Waals surface area contributed by atoms with Gasteiger partial charge in [-0.1, -0.05) is 49.6 Å². The maximum atomic E-state index is 12.6. The van der Waals surface area contributed by atoms with Gasteiger partial charge >= 0.3 is 5.97 Å². The summed E-state index contributed by atoms with van der Waals surface area (Å²) < 4.78 is 0. The van der Waals surface area contributed by atoms with Gasteiger partial charge in [0.25, 0.3) is 0 Å². The van der Waals surface area contributed by atoms with Crippen LogP contribution in [0.2, 0.25) is 0 Å². The van der Waals surface area contributed by atoms with Gasteiger partial charge in [0.05, 0.1) is 5.92 Å². The number of piperazine rings is 1. The van der Waals surface area contributed by atoms with Gasteiger partial charge in [-0.25, -0.2) is 0 Å². The van der Waals surface area contributed by atoms with E-state index in [0.29, 0.717) is 31.7 Å². The molecule has 0 spiro atoms. The molecule has 0 bridgehead atoms. The van der Waals surface area contributed by atoms with Crippen molar-refractivity contribution in [3.05, 3.63) is 35.9 Å². The molecule has 2 fully saturated rings. The number of amides is 2. The molecule has 1 saturated carbocycles. The SMILES string of the molecule is O=C(O)C(CC(=O)N1CCN(C(=O)C2CCCCC2)CC1)c1ccccc1. The molecule has 1 N–H and O–H groups in total. The van der Waals surface area contributed by atoms with E-state index in [1.165, 1.54) is 6.42 Å². The van der Waals surface area contributed by atoms with Crippen LogP contribution in [0.15, 0.2) is 30.3 Å². The molecule has 1 heterocycles. The van der Waals surface area contributed by atoms with Crippen LogP contribution in [0, 0.1) is 5.92 Å². The standard InChI is InChI=1S/C21H28N2O4/c24-19(15-18(21(26)27)16-7-3-1-4-8-16)22-11-13-23(14-12-22)20(25)17-9-5-2-6-10-17/h1,3-4,7-8,17-18H,2,5-6,9-15H2,(H,26,27). The van der Waals surface area contributed by atoms with Gasteiger partial charge in [-0.05, 0) is 18.4 Å². The number of hydrogen-bond donors (Lipinski definition) is 1. The second-order valence-electron chi connectivity index (χ2n) is 7.55. The van der Waals surface area contributed by atoms with Crippen molar-refractivity contribution in [1.82, 2.24) is 9.80 Å². The number of carboxylic acids is 1. The van der Waals surface area contributed by atoms with E-state index in [1.807, 2.05) is 11.0 Å². The van der Waals surface area contributed by atoms with Crippen LogP contribution in [-0.2, 0) is 14.4 Å². The van der Waals surface area contributed by atoms with Crippen LogP contribution in [0.4, 0.5) is 0 Å². The first kappa shape index (κ1) is 19.4. The van der Waals surface area contributed by atoms with Crippen LogP contribution >= 0.6 is 0 Å². The van der Waals surface area contributed by atoms with E-state index in [0.717, 1.165) is 25.7 Å². The van der Waals surface area contributed by atoms with Crippen molar-refractivity contribution in [2.75, 3.05) is 26.2 Å². The van der Waals surface area contributed by atoms with Gasteiger partial charge in [-0.15, -0.1) is 0 Å². The van der Waals surface area contributed by atoms with Crippen molar-refractivity contribution in [2.45, 2.75) is 44.4 Å². The summed E-state index contributed by atoms with van der Waals surface area (Å²) in [4.78, 5) is 40.4.